The molecule has 0 bridgehead atoms. The number of carbonyl (C=O) groups is 2. The van der Waals surface area contributed by atoms with Crippen molar-refractivity contribution in [3.05, 3.63) is 45.5 Å². The van der Waals surface area contributed by atoms with Gasteiger partial charge in [0, 0.05) is 6.54 Å². The van der Waals surface area contributed by atoms with Gasteiger partial charge in [-0.25, -0.2) is 9.59 Å². The first-order valence-electron chi connectivity index (χ1n) is 5.91. The van der Waals surface area contributed by atoms with Crippen molar-refractivity contribution in [2.45, 2.75) is 20.0 Å². The van der Waals surface area contributed by atoms with Gasteiger partial charge in [0.25, 0.3) is 0 Å². The molecule has 3 N–H and O–H groups in total. The molecule has 20 heavy (non-hydrogen) atoms. The molecule has 0 spiro atoms. The number of hydrogen-bond donors (Lipinski definition) is 3. The molecule has 0 aliphatic rings. The fraction of sp³-hybridized carbons (Fsp3) is 0.231. The summed E-state index contributed by atoms with van der Waals surface area (Å²) in [6.45, 7) is 2.59. The van der Waals surface area contributed by atoms with Crippen LogP contribution in [0.1, 0.15) is 27.4 Å². The number of thiophene rings is 1. The van der Waals surface area contributed by atoms with E-state index in [1.807, 2.05) is 17.7 Å². The van der Waals surface area contributed by atoms with E-state index in [9.17, 15) is 9.59 Å². The quantitative estimate of drug-likeness (QED) is 0.789. The average molecular weight is 294 g/mol. The number of amides is 2. The zero-order chi connectivity index (χ0) is 14.5. The summed E-state index contributed by atoms with van der Waals surface area (Å²) in [5.74, 6) is -0.881. The summed E-state index contributed by atoms with van der Waals surface area (Å²) in [5.41, 5.74) is 2.23. The highest BCUT2D eigenvalue weighted by molar-refractivity contribution is 7.08. The Balaban J connectivity index is 1.77. The number of carboxylic acid groups (broad SMARTS) is 1. The molecule has 0 aromatic carbocycles. The van der Waals surface area contributed by atoms with E-state index in [1.165, 1.54) is 12.1 Å². The highest BCUT2D eigenvalue weighted by Crippen LogP contribution is 2.13. The Labute approximate surface area is 119 Å². The van der Waals surface area contributed by atoms with Gasteiger partial charge in [-0.3, -0.25) is 0 Å². The lowest BCUT2D eigenvalue weighted by Crippen LogP contribution is -2.34. The van der Waals surface area contributed by atoms with Crippen LogP contribution in [0.4, 0.5) is 4.79 Å². The van der Waals surface area contributed by atoms with Crippen LogP contribution in [-0.4, -0.2) is 17.1 Å². The van der Waals surface area contributed by atoms with Crippen LogP contribution in [0.25, 0.3) is 0 Å². The molecule has 0 saturated carbocycles. The second-order valence-corrected chi connectivity index (χ2v) is 4.93. The van der Waals surface area contributed by atoms with Gasteiger partial charge in [0.1, 0.15) is 5.76 Å². The third kappa shape index (κ3) is 3.61. The van der Waals surface area contributed by atoms with Crippen molar-refractivity contribution < 1.29 is 19.1 Å². The number of rotatable bonds is 5. The number of aryl methyl sites for hydroxylation is 1. The Morgan fingerprint density at radius 3 is 2.60 bits per heavy atom. The van der Waals surface area contributed by atoms with E-state index in [1.54, 1.807) is 11.3 Å². The van der Waals surface area contributed by atoms with Crippen LogP contribution in [0.5, 0.6) is 0 Å². The van der Waals surface area contributed by atoms with Crippen LogP contribution in [-0.2, 0) is 13.1 Å². The van der Waals surface area contributed by atoms with Crippen LogP contribution in [0.3, 0.4) is 0 Å². The molecular formula is C13H14N2O4S. The van der Waals surface area contributed by atoms with Crippen molar-refractivity contribution in [1.29, 1.82) is 0 Å². The van der Waals surface area contributed by atoms with Gasteiger partial charge >= 0.3 is 12.0 Å². The molecule has 0 saturated heterocycles. The predicted octanol–water partition coefficient (Wildman–Crippen LogP) is 2.35. The van der Waals surface area contributed by atoms with E-state index in [2.05, 4.69) is 10.6 Å². The summed E-state index contributed by atoms with van der Waals surface area (Å²) in [5, 5.41) is 18.0. The van der Waals surface area contributed by atoms with E-state index < -0.39 is 5.97 Å². The number of aromatic carboxylic acids is 1. The fourth-order valence-corrected chi connectivity index (χ4v) is 2.42. The van der Waals surface area contributed by atoms with E-state index in [-0.39, 0.29) is 18.3 Å². The topological polar surface area (TPSA) is 91.6 Å². The van der Waals surface area contributed by atoms with Crippen LogP contribution in [0.15, 0.2) is 27.3 Å². The molecule has 0 radical (unpaired) electrons. The van der Waals surface area contributed by atoms with Crippen molar-refractivity contribution in [3.63, 3.8) is 0 Å². The first-order chi connectivity index (χ1) is 9.56. The summed E-state index contributed by atoms with van der Waals surface area (Å²) < 4.78 is 5.02. The minimum Gasteiger partial charge on any atom is -0.475 e. The summed E-state index contributed by atoms with van der Waals surface area (Å²) in [7, 11) is 0. The zero-order valence-electron chi connectivity index (χ0n) is 10.8. The Kier molecular flexibility index (Phi) is 4.41. The maximum Gasteiger partial charge on any atom is 0.371 e. The fourth-order valence-electron chi connectivity index (χ4n) is 1.56. The van der Waals surface area contributed by atoms with Gasteiger partial charge in [0.2, 0.25) is 5.76 Å². The van der Waals surface area contributed by atoms with Crippen LogP contribution >= 0.6 is 11.3 Å². The summed E-state index contributed by atoms with van der Waals surface area (Å²) in [6, 6.07) is 2.54. The van der Waals surface area contributed by atoms with Crippen LogP contribution in [0, 0.1) is 6.92 Å². The number of carbonyl (C=O) groups excluding carboxylic acids is 1. The SMILES string of the molecule is Cc1cscc1CNC(=O)NCc1ccc(C(=O)O)o1. The van der Waals surface area contributed by atoms with E-state index in [0.717, 1.165) is 11.1 Å². The Bertz CT molecular complexity index is 617. The first kappa shape index (κ1) is 14.1. The van der Waals surface area contributed by atoms with Gasteiger partial charge in [0.05, 0.1) is 6.54 Å². The molecule has 7 heteroatoms. The molecule has 2 rings (SSSR count). The monoisotopic (exact) mass is 294 g/mol. The van der Waals surface area contributed by atoms with Gasteiger partial charge in [-0.1, -0.05) is 0 Å². The smallest absolute Gasteiger partial charge is 0.371 e. The lowest BCUT2D eigenvalue weighted by atomic mass is 10.2. The van der Waals surface area contributed by atoms with Crippen molar-refractivity contribution >= 4 is 23.3 Å². The van der Waals surface area contributed by atoms with Crippen LogP contribution in [0.2, 0.25) is 0 Å². The molecule has 0 atom stereocenters. The van der Waals surface area contributed by atoms with E-state index in [0.29, 0.717) is 12.3 Å². The van der Waals surface area contributed by atoms with Crippen molar-refractivity contribution in [1.82, 2.24) is 10.6 Å². The van der Waals surface area contributed by atoms with E-state index >= 15 is 0 Å². The Morgan fingerprint density at radius 1 is 1.25 bits per heavy atom. The minimum atomic E-state index is -1.13. The highest BCUT2D eigenvalue weighted by atomic mass is 32.1. The van der Waals surface area contributed by atoms with Crippen molar-refractivity contribution in [2.24, 2.45) is 0 Å². The summed E-state index contributed by atoms with van der Waals surface area (Å²) >= 11 is 1.59. The number of furan rings is 1. The predicted molar refractivity (Wildman–Crippen MR) is 73.8 cm³/mol. The summed E-state index contributed by atoms with van der Waals surface area (Å²) in [4.78, 5) is 22.2. The first-order valence-corrected chi connectivity index (χ1v) is 6.86. The van der Waals surface area contributed by atoms with Crippen molar-refractivity contribution in [2.75, 3.05) is 0 Å². The third-order valence-corrected chi connectivity index (χ3v) is 3.61. The molecular weight excluding hydrogens is 280 g/mol. The van der Waals surface area contributed by atoms with Crippen LogP contribution < -0.4 is 10.6 Å². The number of nitrogens with one attached hydrogen (secondary N) is 2. The van der Waals surface area contributed by atoms with E-state index in [4.69, 9.17) is 9.52 Å². The lowest BCUT2D eigenvalue weighted by molar-refractivity contribution is 0.0660. The van der Waals surface area contributed by atoms with Crippen molar-refractivity contribution in [3.8, 4) is 0 Å². The number of hydrogen-bond acceptors (Lipinski definition) is 4. The Morgan fingerprint density at radius 2 is 2.00 bits per heavy atom. The van der Waals surface area contributed by atoms with Gasteiger partial charge in [-0.15, -0.1) is 0 Å². The average Bonchev–Trinajstić information content (AvgIpc) is 3.03. The normalized spacial score (nSPS) is 10.2. The molecule has 6 nitrogen and oxygen atoms in total. The zero-order valence-corrected chi connectivity index (χ0v) is 11.6. The Hall–Kier alpha value is -2.28. The standard InChI is InChI=1S/C13H14N2O4S/c1-8-6-20-7-9(8)4-14-13(18)15-5-10-2-3-11(19-10)12(16)17/h2-3,6-7H,4-5H2,1H3,(H,16,17)(H2,14,15,18). The minimum absolute atomic E-state index is 0.141. The molecule has 0 unspecified atom stereocenters. The molecule has 2 aromatic rings. The molecule has 2 heterocycles. The van der Waals surface area contributed by atoms with Gasteiger partial charge < -0.3 is 20.2 Å². The van der Waals surface area contributed by atoms with Gasteiger partial charge in [-0.05, 0) is 40.9 Å². The molecule has 0 aliphatic heterocycles. The van der Waals surface area contributed by atoms with Gasteiger partial charge in [-0.2, -0.15) is 11.3 Å². The second-order valence-electron chi connectivity index (χ2n) is 4.19. The maximum absolute atomic E-state index is 11.6. The largest absolute Gasteiger partial charge is 0.475 e. The molecule has 106 valence electrons. The highest BCUT2D eigenvalue weighted by Gasteiger charge is 2.09. The molecule has 0 aliphatic carbocycles. The lowest BCUT2D eigenvalue weighted by Gasteiger charge is -2.06. The molecule has 0 fully saturated rings. The second kappa shape index (κ2) is 6.25. The maximum atomic E-state index is 11.6. The van der Waals surface area contributed by atoms with Gasteiger partial charge in [0.15, 0.2) is 0 Å². The molecule has 2 amide bonds. The number of urea groups is 1. The molecule has 2 aromatic heterocycles. The summed E-state index contributed by atoms with van der Waals surface area (Å²) in [6.07, 6.45) is 0. The third-order valence-electron chi connectivity index (χ3n) is 2.70. The number of carboxylic acids is 1.